The van der Waals surface area contributed by atoms with Crippen LogP contribution in [0, 0.1) is 0 Å². The number of hydrogen-bond acceptors (Lipinski definition) is 4. The minimum atomic E-state index is -0.993. The van der Waals surface area contributed by atoms with E-state index in [4.69, 9.17) is 15.3 Å². The Labute approximate surface area is 104 Å². The number of hydrogen-bond donors (Lipinski definition) is 3. The fourth-order valence-electron chi connectivity index (χ4n) is 1.67. The quantitative estimate of drug-likeness (QED) is 0.722. The Bertz CT molecular complexity index is 549. The SMILES string of the molecule is CC(Nc1ccc(C(=O)O)cc1N)c1ccco1. The second kappa shape index (κ2) is 4.83. The van der Waals surface area contributed by atoms with Gasteiger partial charge in [0.1, 0.15) is 5.76 Å². The lowest BCUT2D eigenvalue weighted by Crippen LogP contribution is -2.08. The molecule has 2 rings (SSSR count). The van der Waals surface area contributed by atoms with Crippen LogP contribution >= 0.6 is 0 Å². The fraction of sp³-hybridized carbons (Fsp3) is 0.154. The highest BCUT2D eigenvalue weighted by atomic mass is 16.4. The van der Waals surface area contributed by atoms with Crippen molar-refractivity contribution in [2.45, 2.75) is 13.0 Å². The number of carboxylic acid groups (broad SMARTS) is 1. The van der Waals surface area contributed by atoms with Crippen LogP contribution in [0.3, 0.4) is 0 Å². The Morgan fingerprint density at radius 2 is 2.22 bits per heavy atom. The number of aromatic carboxylic acids is 1. The monoisotopic (exact) mass is 246 g/mol. The molecule has 4 N–H and O–H groups in total. The number of carboxylic acids is 1. The number of anilines is 2. The zero-order valence-electron chi connectivity index (χ0n) is 9.88. The third-order valence-electron chi connectivity index (χ3n) is 2.64. The molecule has 5 nitrogen and oxygen atoms in total. The van der Waals surface area contributed by atoms with Crippen molar-refractivity contribution in [1.29, 1.82) is 0 Å². The molecule has 1 aromatic heterocycles. The van der Waals surface area contributed by atoms with E-state index in [9.17, 15) is 4.79 Å². The number of nitrogens with one attached hydrogen (secondary N) is 1. The molecular formula is C13H14N2O3. The molecule has 0 amide bonds. The molecule has 0 spiro atoms. The predicted octanol–water partition coefficient (Wildman–Crippen LogP) is 2.73. The third-order valence-corrected chi connectivity index (χ3v) is 2.64. The average Bonchev–Trinajstić information content (AvgIpc) is 2.85. The first kappa shape index (κ1) is 12.0. The van der Waals surface area contributed by atoms with Crippen molar-refractivity contribution in [2.75, 3.05) is 11.1 Å². The van der Waals surface area contributed by atoms with Crippen LogP contribution in [0.15, 0.2) is 41.0 Å². The van der Waals surface area contributed by atoms with Gasteiger partial charge in [-0.3, -0.25) is 0 Å². The van der Waals surface area contributed by atoms with E-state index in [-0.39, 0.29) is 11.6 Å². The number of nitrogens with two attached hydrogens (primary N) is 1. The lowest BCUT2D eigenvalue weighted by molar-refractivity contribution is 0.0697. The van der Waals surface area contributed by atoms with Gasteiger partial charge in [-0.15, -0.1) is 0 Å². The van der Waals surface area contributed by atoms with Crippen LogP contribution < -0.4 is 11.1 Å². The first-order valence-electron chi connectivity index (χ1n) is 5.50. The van der Waals surface area contributed by atoms with Gasteiger partial charge in [-0.05, 0) is 37.3 Å². The van der Waals surface area contributed by atoms with Gasteiger partial charge < -0.3 is 20.6 Å². The lowest BCUT2D eigenvalue weighted by Gasteiger charge is -2.15. The Morgan fingerprint density at radius 3 is 2.78 bits per heavy atom. The topological polar surface area (TPSA) is 88.5 Å². The highest BCUT2D eigenvalue weighted by Gasteiger charge is 2.11. The molecule has 1 unspecified atom stereocenters. The number of carbonyl (C=O) groups is 1. The Morgan fingerprint density at radius 1 is 1.44 bits per heavy atom. The summed E-state index contributed by atoms with van der Waals surface area (Å²) in [7, 11) is 0. The summed E-state index contributed by atoms with van der Waals surface area (Å²) in [6.07, 6.45) is 1.60. The highest BCUT2D eigenvalue weighted by molar-refractivity contribution is 5.90. The van der Waals surface area contributed by atoms with Crippen molar-refractivity contribution in [3.05, 3.63) is 47.9 Å². The lowest BCUT2D eigenvalue weighted by atomic mass is 10.1. The summed E-state index contributed by atoms with van der Waals surface area (Å²) >= 11 is 0. The smallest absolute Gasteiger partial charge is 0.335 e. The number of furan rings is 1. The van der Waals surface area contributed by atoms with Gasteiger partial charge >= 0.3 is 5.97 Å². The largest absolute Gasteiger partial charge is 0.478 e. The summed E-state index contributed by atoms with van der Waals surface area (Å²) in [4.78, 5) is 10.8. The van der Waals surface area contributed by atoms with Crippen LogP contribution in [0.4, 0.5) is 11.4 Å². The molecule has 0 saturated carbocycles. The van der Waals surface area contributed by atoms with E-state index in [1.165, 1.54) is 12.1 Å². The van der Waals surface area contributed by atoms with Crippen molar-refractivity contribution in [3.8, 4) is 0 Å². The van der Waals surface area contributed by atoms with E-state index in [2.05, 4.69) is 5.32 Å². The van der Waals surface area contributed by atoms with Crippen LogP contribution in [0.5, 0.6) is 0 Å². The standard InChI is InChI=1S/C13H14N2O3/c1-8(12-3-2-6-18-12)15-11-5-4-9(13(16)17)7-10(11)14/h2-8,15H,14H2,1H3,(H,16,17). The van der Waals surface area contributed by atoms with Gasteiger partial charge in [0.05, 0.1) is 29.2 Å². The minimum absolute atomic E-state index is 0.0435. The van der Waals surface area contributed by atoms with Gasteiger partial charge in [-0.2, -0.15) is 0 Å². The van der Waals surface area contributed by atoms with Gasteiger partial charge in [-0.25, -0.2) is 4.79 Å². The van der Waals surface area contributed by atoms with Gasteiger partial charge in [0.25, 0.3) is 0 Å². The molecule has 5 heteroatoms. The van der Waals surface area contributed by atoms with Crippen molar-refractivity contribution < 1.29 is 14.3 Å². The summed E-state index contributed by atoms with van der Waals surface area (Å²) in [5, 5.41) is 12.0. The maximum Gasteiger partial charge on any atom is 0.335 e. The molecule has 0 aliphatic rings. The summed E-state index contributed by atoms with van der Waals surface area (Å²) in [6.45, 7) is 1.93. The number of rotatable bonds is 4. The van der Waals surface area contributed by atoms with Crippen LogP contribution in [0.1, 0.15) is 29.1 Å². The van der Waals surface area contributed by atoms with E-state index in [0.29, 0.717) is 11.4 Å². The molecule has 0 bridgehead atoms. The van der Waals surface area contributed by atoms with E-state index in [0.717, 1.165) is 5.76 Å². The maximum absolute atomic E-state index is 10.8. The van der Waals surface area contributed by atoms with Gasteiger partial charge in [0.2, 0.25) is 0 Å². The van der Waals surface area contributed by atoms with E-state index in [1.807, 2.05) is 19.1 Å². The van der Waals surface area contributed by atoms with Crippen LogP contribution in [0.25, 0.3) is 0 Å². The van der Waals surface area contributed by atoms with Crippen LogP contribution in [-0.4, -0.2) is 11.1 Å². The normalized spacial score (nSPS) is 12.1. The van der Waals surface area contributed by atoms with E-state index in [1.54, 1.807) is 12.3 Å². The zero-order valence-corrected chi connectivity index (χ0v) is 9.88. The molecule has 1 heterocycles. The molecule has 94 valence electrons. The molecule has 1 atom stereocenters. The first-order chi connectivity index (χ1) is 8.58. The van der Waals surface area contributed by atoms with E-state index < -0.39 is 5.97 Å². The predicted molar refractivity (Wildman–Crippen MR) is 68.6 cm³/mol. The molecular weight excluding hydrogens is 232 g/mol. The number of nitrogen functional groups attached to an aromatic ring is 1. The van der Waals surface area contributed by atoms with Crippen molar-refractivity contribution in [3.63, 3.8) is 0 Å². The summed E-state index contributed by atoms with van der Waals surface area (Å²) < 4.78 is 5.27. The Hall–Kier alpha value is -2.43. The summed E-state index contributed by atoms with van der Waals surface area (Å²) in [5.41, 5.74) is 7.06. The van der Waals surface area contributed by atoms with Crippen molar-refractivity contribution >= 4 is 17.3 Å². The average molecular weight is 246 g/mol. The van der Waals surface area contributed by atoms with Gasteiger partial charge in [0.15, 0.2) is 0 Å². The first-order valence-corrected chi connectivity index (χ1v) is 5.50. The highest BCUT2D eigenvalue weighted by Crippen LogP contribution is 2.25. The zero-order chi connectivity index (χ0) is 13.1. The molecule has 2 aromatic rings. The second-order valence-electron chi connectivity index (χ2n) is 3.99. The second-order valence-corrected chi connectivity index (χ2v) is 3.99. The van der Waals surface area contributed by atoms with Crippen LogP contribution in [-0.2, 0) is 0 Å². The molecule has 0 aliphatic heterocycles. The van der Waals surface area contributed by atoms with E-state index >= 15 is 0 Å². The molecule has 18 heavy (non-hydrogen) atoms. The summed E-state index contributed by atoms with van der Waals surface area (Å²) in [6, 6.07) is 8.22. The summed E-state index contributed by atoms with van der Waals surface area (Å²) in [5.74, 6) is -0.205. The third kappa shape index (κ3) is 2.45. The molecule has 1 aromatic carbocycles. The minimum Gasteiger partial charge on any atom is -0.478 e. The van der Waals surface area contributed by atoms with Crippen molar-refractivity contribution in [1.82, 2.24) is 0 Å². The fourth-order valence-corrected chi connectivity index (χ4v) is 1.67. The van der Waals surface area contributed by atoms with Crippen LogP contribution in [0.2, 0.25) is 0 Å². The Kier molecular flexibility index (Phi) is 3.23. The Balaban J connectivity index is 2.17. The maximum atomic E-state index is 10.8. The number of benzene rings is 1. The van der Waals surface area contributed by atoms with Crippen molar-refractivity contribution in [2.24, 2.45) is 0 Å². The molecule has 0 saturated heterocycles. The molecule has 0 radical (unpaired) electrons. The molecule has 0 fully saturated rings. The van der Waals surface area contributed by atoms with Gasteiger partial charge in [0, 0.05) is 0 Å². The van der Waals surface area contributed by atoms with Gasteiger partial charge in [-0.1, -0.05) is 0 Å². The molecule has 0 aliphatic carbocycles.